The third-order valence-electron chi connectivity index (χ3n) is 2.76. The van der Waals surface area contributed by atoms with Crippen molar-refractivity contribution in [3.63, 3.8) is 0 Å². The fourth-order valence-electron chi connectivity index (χ4n) is 2.00. The summed E-state index contributed by atoms with van der Waals surface area (Å²) in [5.74, 6) is 0.132. The number of hydrogen-bond acceptors (Lipinski definition) is 3. The summed E-state index contributed by atoms with van der Waals surface area (Å²) in [5.41, 5.74) is -0.00332. The second kappa shape index (κ2) is 5.48. The minimum Gasteiger partial charge on any atom is -0.493 e. The zero-order chi connectivity index (χ0) is 13.9. The van der Waals surface area contributed by atoms with E-state index in [2.05, 4.69) is 0 Å². The van der Waals surface area contributed by atoms with Crippen LogP contribution < -0.4 is 9.47 Å². The van der Waals surface area contributed by atoms with E-state index >= 15 is 0 Å². The highest BCUT2D eigenvalue weighted by atomic mass is 35.5. The van der Waals surface area contributed by atoms with E-state index in [1.165, 1.54) is 14.2 Å². The van der Waals surface area contributed by atoms with Gasteiger partial charge in [0.05, 0.1) is 20.6 Å². The quantitative estimate of drug-likeness (QED) is 0.895. The molecule has 0 saturated heterocycles. The van der Waals surface area contributed by atoms with Gasteiger partial charge in [-0.1, -0.05) is 25.4 Å². The second-order valence-corrected chi connectivity index (χ2v) is 5.02. The van der Waals surface area contributed by atoms with Gasteiger partial charge in [-0.15, -0.1) is 0 Å². The Bertz CT molecular complexity index is 455. The normalized spacial score (nSPS) is 11.2. The number of benzene rings is 1. The molecule has 4 nitrogen and oxygen atoms in total. The molecule has 0 aromatic heterocycles. The predicted octanol–water partition coefficient (Wildman–Crippen LogP) is 3.11. The lowest BCUT2D eigenvalue weighted by Crippen LogP contribution is -2.23. The number of carboxylic acids is 1. The number of rotatable bonds is 5. The van der Waals surface area contributed by atoms with Crippen LogP contribution in [0.2, 0.25) is 5.02 Å². The van der Waals surface area contributed by atoms with Crippen molar-refractivity contribution < 1.29 is 19.4 Å². The van der Waals surface area contributed by atoms with Crippen molar-refractivity contribution in [2.45, 2.75) is 25.7 Å². The first-order valence-corrected chi connectivity index (χ1v) is 5.84. The van der Waals surface area contributed by atoms with Gasteiger partial charge in [0.1, 0.15) is 0 Å². The molecule has 1 aromatic rings. The summed E-state index contributed by atoms with van der Waals surface area (Å²) in [7, 11) is 3.04. The molecule has 1 rings (SSSR count). The third kappa shape index (κ3) is 2.88. The molecular weight excluding hydrogens is 256 g/mol. The summed E-state index contributed by atoms with van der Waals surface area (Å²) in [4.78, 5) is 10.9. The predicted molar refractivity (Wildman–Crippen MR) is 69.8 cm³/mol. The SMILES string of the molecule is COc1ccc(Cl)c(C(C)(C)CC(=O)O)c1OC. The van der Waals surface area contributed by atoms with Gasteiger partial charge in [-0.25, -0.2) is 0 Å². The number of hydrogen-bond donors (Lipinski definition) is 1. The van der Waals surface area contributed by atoms with Crippen molar-refractivity contribution in [2.75, 3.05) is 14.2 Å². The van der Waals surface area contributed by atoms with Gasteiger partial charge in [0.15, 0.2) is 11.5 Å². The van der Waals surface area contributed by atoms with Crippen LogP contribution in [-0.2, 0) is 10.2 Å². The molecule has 100 valence electrons. The van der Waals surface area contributed by atoms with Crippen molar-refractivity contribution in [3.8, 4) is 11.5 Å². The van der Waals surface area contributed by atoms with E-state index in [4.69, 9.17) is 26.2 Å². The van der Waals surface area contributed by atoms with Gasteiger partial charge in [0, 0.05) is 16.0 Å². The lowest BCUT2D eigenvalue weighted by atomic mass is 9.80. The standard InChI is InChI=1S/C13H17ClO4/c1-13(2,7-10(15)16)11-8(14)5-6-9(17-3)12(11)18-4/h5-6H,7H2,1-4H3,(H,15,16). The van der Waals surface area contributed by atoms with Crippen LogP contribution in [0.5, 0.6) is 11.5 Å². The molecule has 0 bridgehead atoms. The first-order valence-electron chi connectivity index (χ1n) is 5.46. The first-order chi connectivity index (χ1) is 8.33. The number of ether oxygens (including phenoxy) is 2. The summed E-state index contributed by atoms with van der Waals surface area (Å²) < 4.78 is 10.5. The van der Waals surface area contributed by atoms with Gasteiger partial charge < -0.3 is 14.6 Å². The van der Waals surface area contributed by atoms with Crippen molar-refractivity contribution in [1.29, 1.82) is 0 Å². The number of carboxylic acid groups (broad SMARTS) is 1. The smallest absolute Gasteiger partial charge is 0.304 e. The maximum absolute atomic E-state index is 10.9. The molecule has 0 amide bonds. The van der Waals surface area contributed by atoms with Crippen LogP contribution in [0.1, 0.15) is 25.8 Å². The number of carbonyl (C=O) groups is 1. The highest BCUT2D eigenvalue weighted by Gasteiger charge is 2.31. The van der Waals surface area contributed by atoms with Crippen molar-refractivity contribution >= 4 is 17.6 Å². The summed E-state index contributed by atoms with van der Waals surface area (Å²) in [5, 5.41) is 9.45. The zero-order valence-electron chi connectivity index (χ0n) is 10.9. The van der Waals surface area contributed by atoms with Crippen LogP contribution in [-0.4, -0.2) is 25.3 Å². The minimum absolute atomic E-state index is 0.0454. The second-order valence-electron chi connectivity index (χ2n) is 4.61. The molecular formula is C13H17ClO4. The summed E-state index contributed by atoms with van der Waals surface area (Å²) in [6, 6.07) is 3.38. The Morgan fingerprint density at radius 3 is 2.39 bits per heavy atom. The lowest BCUT2D eigenvalue weighted by molar-refractivity contribution is -0.138. The molecule has 0 aliphatic rings. The summed E-state index contributed by atoms with van der Waals surface area (Å²) in [6.07, 6.45) is -0.0454. The van der Waals surface area contributed by atoms with Crippen molar-refractivity contribution in [1.82, 2.24) is 0 Å². The highest BCUT2D eigenvalue weighted by molar-refractivity contribution is 6.31. The topological polar surface area (TPSA) is 55.8 Å². The molecule has 0 aliphatic heterocycles. The Kier molecular flexibility index (Phi) is 4.46. The van der Waals surface area contributed by atoms with Gasteiger partial charge in [0.2, 0.25) is 0 Å². The third-order valence-corrected chi connectivity index (χ3v) is 3.08. The fourth-order valence-corrected chi connectivity index (χ4v) is 2.40. The molecule has 0 radical (unpaired) electrons. The molecule has 1 aromatic carbocycles. The van der Waals surface area contributed by atoms with E-state index in [1.807, 2.05) is 13.8 Å². The van der Waals surface area contributed by atoms with E-state index in [0.717, 1.165) is 0 Å². The molecule has 0 heterocycles. The maximum atomic E-state index is 10.9. The van der Waals surface area contributed by atoms with Crippen LogP contribution in [0, 0.1) is 0 Å². The summed E-state index contributed by atoms with van der Waals surface area (Å²) >= 11 is 6.18. The van der Waals surface area contributed by atoms with Crippen molar-refractivity contribution in [3.05, 3.63) is 22.7 Å². The molecule has 0 fully saturated rings. The van der Waals surface area contributed by atoms with Crippen LogP contribution in [0.15, 0.2) is 12.1 Å². The number of methoxy groups -OCH3 is 2. The van der Waals surface area contributed by atoms with Gasteiger partial charge in [-0.3, -0.25) is 4.79 Å². The Balaban J connectivity index is 3.41. The van der Waals surface area contributed by atoms with E-state index in [0.29, 0.717) is 22.1 Å². The van der Waals surface area contributed by atoms with E-state index in [1.54, 1.807) is 12.1 Å². The Hall–Kier alpha value is -1.42. The van der Waals surface area contributed by atoms with Crippen LogP contribution in [0.3, 0.4) is 0 Å². The lowest BCUT2D eigenvalue weighted by Gasteiger charge is -2.27. The molecule has 0 unspecified atom stereocenters. The Labute approximate surface area is 111 Å². The Morgan fingerprint density at radius 2 is 1.94 bits per heavy atom. The molecule has 0 spiro atoms. The van der Waals surface area contributed by atoms with Gasteiger partial charge in [-0.2, -0.15) is 0 Å². The van der Waals surface area contributed by atoms with Crippen LogP contribution in [0.25, 0.3) is 0 Å². The largest absolute Gasteiger partial charge is 0.493 e. The van der Waals surface area contributed by atoms with Gasteiger partial charge >= 0.3 is 5.97 Å². The minimum atomic E-state index is -0.888. The molecule has 1 N–H and O–H groups in total. The fraction of sp³-hybridized carbons (Fsp3) is 0.462. The molecule has 5 heteroatoms. The number of aliphatic carboxylic acids is 1. The first kappa shape index (κ1) is 14.6. The molecule has 0 atom stereocenters. The van der Waals surface area contributed by atoms with Crippen molar-refractivity contribution in [2.24, 2.45) is 0 Å². The average Bonchev–Trinajstić information content (AvgIpc) is 2.26. The number of halogens is 1. The molecule has 0 saturated carbocycles. The molecule has 18 heavy (non-hydrogen) atoms. The highest BCUT2D eigenvalue weighted by Crippen LogP contribution is 2.44. The van der Waals surface area contributed by atoms with Crippen LogP contribution >= 0.6 is 11.6 Å². The average molecular weight is 273 g/mol. The monoisotopic (exact) mass is 272 g/mol. The van der Waals surface area contributed by atoms with Crippen LogP contribution in [0.4, 0.5) is 0 Å². The Morgan fingerprint density at radius 1 is 1.33 bits per heavy atom. The van der Waals surface area contributed by atoms with E-state index in [9.17, 15) is 4.79 Å². The zero-order valence-corrected chi connectivity index (χ0v) is 11.7. The van der Waals surface area contributed by atoms with Gasteiger partial charge in [-0.05, 0) is 12.1 Å². The summed E-state index contributed by atoms with van der Waals surface area (Å²) in [6.45, 7) is 3.62. The van der Waals surface area contributed by atoms with E-state index in [-0.39, 0.29) is 6.42 Å². The van der Waals surface area contributed by atoms with E-state index < -0.39 is 11.4 Å². The molecule has 0 aliphatic carbocycles. The maximum Gasteiger partial charge on any atom is 0.304 e. The van der Waals surface area contributed by atoms with Gasteiger partial charge in [0.25, 0.3) is 0 Å².